The van der Waals surface area contributed by atoms with Crippen LogP contribution in [-0.4, -0.2) is 20.7 Å². The molecule has 1 atom stereocenters. The van der Waals surface area contributed by atoms with Crippen LogP contribution in [-0.2, 0) is 13.0 Å². The van der Waals surface area contributed by atoms with E-state index < -0.39 is 22.7 Å². The first-order valence-corrected chi connectivity index (χ1v) is 7.80. The number of pyridine rings is 1. The number of hydrogen-bond donors (Lipinski definition) is 2. The predicted octanol–water partition coefficient (Wildman–Crippen LogP) is 2.76. The number of aromatic hydroxyl groups is 1. The molecule has 1 aromatic carbocycles. The molecule has 0 fully saturated rings. The average molecular weight is 313 g/mol. The number of carbonyl (C=O) groups is 1. The zero-order chi connectivity index (χ0) is 16.4. The molecule has 2 aromatic rings. The highest BCUT2D eigenvalue weighted by Crippen LogP contribution is 2.31. The Morgan fingerprint density at radius 3 is 2.78 bits per heavy atom. The minimum Gasteiger partial charge on any atom is -0.503 e. The topological polar surface area (TPSA) is 79.5 Å². The van der Waals surface area contributed by atoms with Crippen LogP contribution in [0.3, 0.4) is 0 Å². The molecule has 0 spiro atoms. The molecular formula is C18H19NO4. The van der Waals surface area contributed by atoms with E-state index in [0.29, 0.717) is 6.54 Å². The molecule has 120 valence electrons. The first kappa shape index (κ1) is 15.3. The lowest BCUT2D eigenvalue weighted by atomic mass is 9.92. The van der Waals surface area contributed by atoms with Crippen LogP contribution in [0, 0.1) is 0 Å². The Morgan fingerprint density at radius 2 is 2.00 bits per heavy atom. The number of benzene rings is 1. The molecule has 0 saturated carbocycles. The zero-order valence-corrected chi connectivity index (χ0v) is 12.7. The second kappa shape index (κ2) is 6.28. The van der Waals surface area contributed by atoms with Gasteiger partial charge in [-0.15, -0.1) is 0 Å². The summed E-state index contributed by atoms with van der Waals surface area (Å²) in [5, 5.41) is 18.8. The van der Waals surface area contributed by atoms with Gasteiger partial charge in [0.1, 0.15) is 5.56 Å². The molecule has 1 aliphatic carbocycles. The van der Waals surface area contributed by atoms with Gasteiger partial charge in [-0.25, -0.2) is 4.79 Å². The number of rotatable bonds is 3. The van der Waals surface area contributed by atoms with E-state index in [1.54, 1.807) is 4.57 Å². The third-order valence-corrected chi connectivity index (χ3v) is 4.47. The standard InChI is InChI=1S/C18H19NO4/c20-16-11-19(10-15(17(16)21)18(22)23)9-13-7-2-1-5-12-6-3-4-8-14(12)13/h3-4,6,8,10-11,13,20H,1-2,5,7,9H2,(H,22,23). The van der Waals surface area contributed by atoms with Crippen molar-refractivity contribution < 1.29 is 15.0 Å². The van der Waals surface area contributed by atoms with E-state index in [2.05, 4.69) is 12.1 Å². The molecule has 5 heteroatoms. The third-order valence-electron chi connectivity index (χ3n) is 4.47. The van der Waals surface area contributed by atoms with Crippen molar-refractivity contribution in [3.05, 3.63) is 63.6 Å². The summed E-state index contributed by atoms with van der Waals surface area (Å²) in [6.07, 6.45) is 6.95. The second-order valence-corrected chi connectivity index (χ2v) is 6.03. The first-order chi connectivity index (χ1) is 11.1. The molecule has 5 nitrogen and oxygen atoms in total. The number of fused-ring (bicyclic) bond motifs is 1. The van der Waals surface area contributed by atoms with Crippen LogP contribution in [0.25, 0.3) is 0 Å². The molecule has 1 heterocycles. The fourth-order valence-electron chi connectivity index (χ4n) is 3.34. The Hall–Kier alpha value is -2.56. The molecule has 1 aliphatic rings. The van der Waals surface area contributed by atoms with Gasteiger partial charge in [0.05, 0.1) is 0 Å². The van der Waals surface area contributed by atoms with Crippen molar-refractivity contribution in [2.45, 2.75) is 38.1 Å². The van der Waals surface area contributed by atoms with Crippen LogP contribution in [0.15, 0.2) is 41.5 Å². The number of nitrogens with zero attached hydrogens (tertiary/aromatic N) is 1. The Morgan fingerprint density at radius 1 is 1.22 bits per heavy atom. The Kier molecular flexibility index (Phi) is 4.19. The lowest BCUT2D eigenvalue weighted by Gasteiger charge is -2.19. The van der Waals surface area contributed by atoms with E-state index in [1.165, 1.54) is 23.5 Å². The highest BCUT2D eigenvalue weighted by molar-refractivity contribution is 5.87. The molecule has 0 radical (unpaired) electrons. The summed E-state index contributed by atoms with van der Waals surface area (Å²) in [7, 11) is 0. The minimum absolute atomic E-state index is 0.247. The second-order valence-electron chi connectivity index (χ2n) is 6.03. The summed E-state index contributed by atoms with van der Waals surface area (Å²) >= 11 is 0. The monoisotopic (exact) mass is 313 g/mol. The quantitative estimate of drug-likeness (QED) is 0.854. The van der Waals surface area contributed by atoms with Crippen LogP contribution in [0.1, 0.15) is 46.7 Å². The van der Waals surface area contributed by atoms with Crippen molar-refractivity contribution >= 4 is 5.97 Å². The number of aromatic nitrogens is 1. The number of carboxylic acid groups (broad SMARTS) is 1. The smallest absolute Gasteiger partial charge is 0.341 e. The minimum atomic E-state index is -1.32. The molecule has 3 rings (SSSR count). The molecule has 0 bridgehead atoms. The predicted molar refractivity (Wildman–Crippen MR) is 86.1 cm³/mol. The average Bonchev–Trinajstić information content (AvgIpc) is 2.73. The van der Waals surface area contributed by atoms with Crippen molar-refractivity contribution in [3.63, 3.8) is 0 Å². The highest BCUT2D eigenvalue weighted by atomic mass is 16.4. The van der Waals surface area contributed by atoms with Gasteiger partial charge >= 0.3 is 5.97 Å². The molecule has 2 N–H and O–H groups in total. The van der Waals surface area contributed by atoms with Crippen LogP contribution < -0.4 is 5.43 Å². The summed E-state index contributed by atoms with van der Waals surface area (Å²) in [5.74, 6) is -1.59. The zero-order valence-electron chi connectivity index (χ0n) is 12.7. The van der Waals surface area contributed by atoms with Gasteiger partial charge in [0.15, 0.2) is 5.75 Å². The fourth-order valence-corrected chi connectivity index (χ4v) is 3.34. The van der Waals surface area contributed by atoms with E-state index >= 15 is 0 Å². The normalized spacial score (nSPS) is 17.3. The van der Waals surface area contributed by atoms with Crippen LogP contribution in [0.4, 0.5) is 0 Å². The molecule has 1 unspecified atom stereocenters. The van der Waals surface area contributed by atoms with Crippen molar-refractivity contribution in [1.82, 2.24) is 4.57 Å². The van der Waals surface area contributed by atoms with Gasteiger partial charge in [-0.1, -0.05) is 30.7 Å². The van der Waals surface area contributed by atoms with Gasteiger partial charge in [0.25, 0.3) is 0 Å². The maximum absolute atomic E-state index is 11.7. The summed E-state index contributed by atoms with van der Waals surface area (Å²) in [6, 6.07) is 8.31. The van der Waals surface area contributed by atoms with Gasteiger partial charge < -0.3 is 14.8 Å². The Balaban J connectivity index is 1.96. The molecule has 0 saturated heterocycles. The van der Waals surface area contributed by atoms with Crippen molar-refractivity contribution in [2.75, 3.05) is 0 Å². The van der Waals surface area contributed by atoms with E-state index in [4.69, 9.17) is 5.11 Å². The molecular weight excluding hydrogens is 294 g/mol. The van der Waals surface area contributed by atoms with E-state index in [-0.39, 0.29) is 5.92 Å². The van der Waals surface area contributed by atoms with Crippen molar-refractivity contribution in [1.29, 1.82) is 0 Å². The maximum atomic E-state index is 11.7. The Bertz CT molecular complexity index is 794. The van der Waals surface area contributed by atoms with E-state index in [0.717, 1.165) is 25.7 Å². The maximum Gasteiger partial charge on any atom is 0.341 e. The summed E-state index contributed by atoms with van der Waals surface area (Å²) < 4.78 is 1.62. The molecule has 0 aliphatic heterocycles. The number of hydrogen-bond acceptors (Lipinski definition) is 3. The lowest BCUT2D eigenvalue weighted by Crippen LogP contribution is -2.19. The summed E-state index contributed by atoms with van der Waals surface area (Å²) in [5.41, 5.74) is 1.38. The van der Waals surface area contributed by atoms with E-state index in [1.807, 2.05) is 12.1 Å². The van der Waals surface area contributed by atoms with Crippen LogP contribution >= 0.6 is 0 Å². The van der Waals surface area contributed by atoms with Crippen molar-refractivity contribution in [3.8, 4) is 5.75 Å². The van der Waals surface area contributed by atoms with Crippen LogP contribution in [0.5, 0.6) is 5.75 Å². The largest absolute Gasteiger partial charge is 0.503 e. The summed E-state index contributed by atoms with van der Waals surface area (Å²) in [4.78, 5) is 22.8. The van der Waals surface area contributed by atoms with E-state index in [9.17, 15) is 14.7 Å². The summed E-state index contributed by atoms with van der Waals surface area (Å²) in [6.45, 7) is 0.547. The highest BCUT2D eigenvalue weighted by Gasteiger charge is 2.20. The number of carboxylic acids is 1. The molecule has 23 heavy (non-hydrogen) atoms. The molecule has 0 amide bonds. The van der Waals surface area contributed by atoms with Crippen LogP contribution in [0.2, 0.25) is 0 Å². The fraction of sp³-hybridized carbons (Fsp3) is 0.333. The molecule has 1 aromatic heterocycles. The number of aromatic carboxylic acids is 1. The first-order valence-electron chi connectivity index (χ1n) is 7.80. The van der Waals surface area contributed by atoms with Gasteiger partial charge in [-0.2, -0.15) is 0 Å². The Labute approximate surface area is 133 Å². The number of aryl methyl sites for hydroxylation is 1. The van der Waals surface area contributed by atoms with Gasteiger partial charge in [0.2, 0.25) is 5.43 Å². The lowest BCUT2D eigenvalue weighted by molar-refractivity contribution is 0.0693. The van der Waals surface area contributed by atoms with Gasteiger partial charge in [0, 0.05) is 24.9 Å². The van der Waals surface area contributed by atoms with Gasteiger partial charge in [-0.05, 0) is 30.4 Å². The SMILES string of the molecule is O=C(O)c1cn(CC2CCCCc3ccccc32)cc(O)c1=O. The third kappa shape index (κ3) is 3.13. The van der Waals surface area contributed by atoms with Gasteiger partial charge in [-0.3, -0.25) is 4.79 Å². The van der Waals surface area contributed by atoms with Crippen molar-refractivity contribution in [2.24, 2.45) is 0 Å².